The highest BCUT2D eigenvalue weighted by Crippen LogP contribution is 2.05. The number of aliphatic imine (C=N–C) groups is 1. The maximum Gasteiger partial charge on any atom is 0.191 e. The average molecular weight is 151 g/mol. The summed E-state index contributed by atoms with van der Waals surface area (Å²) >= 11 is 0. The van der Waals surface area contributed by atoms with E-state index in [1.807, 2.05) is 6.92 Å². The average Bonchev–Trinajstić information content (AvgIpc) is 1.96. The van der Waals surface area contributed by atoms with Crippen LogP contribution in [0.1, 0.15) is 19.8 Å². The third-order valence-electron chi connectivity index (χ3n) is 1.55. The summed E-state index contributed by atoms with van der Waals surface area (Å²) in [6, 6.07) is 0. The normalized spacial score (nSPS) is 25.6. The number of methoxy groups -OCH3 is 1. The Hall–Kier alpha value is -1.05. The van der Waals surface area contributed by atoms with E-state index in [4.69, 9.17) is 4.74 Å². The Morgan fingerprint density at radius 1 is 1.45 bits per heavy atom. The Morgan fingerprint density at radius 2 is 2.27 bits per heavy atom. The Balaban J connectivity index is 2.76. The van der Waals surface area contributed by atoms with Gasteiger partial charge < -0.3 is 4.74 Å². The summed E-state index contributed by atoms with van der Waals surface area (Å²) < 4.78 is 5.06. The third-order valence-corrected chi connectivity index (χ3v) is 1.55. The van der Waals surface area contributed by atoms with Gasteiger partial charge in [0.2, 0.25) is 0 Å². The Bertz CT molecular complexity index is 214. The summed E-state index contributed by atoms with van der Waals surface area (Å²) in [4.78, 5) is 4.26. The standard InChI is InChI=1S/C9H13NO/c1-8-6-4-3-5-7-9(10-8)11-2/h3,5-6H,4,7H2,1-2H3/b5-3-,8-6-,10-9?. The number of ether oxygens (including phenoxy) is 1. The number of nitrogens with zero attached hydrogens (tertiary/aromatic N) is 1. The third kappa shape index (κ3) is 2.58. The van der Waals surface area contributed by atoms with E-state index in [0.29, 0.717) is 0 Å². The monoisotopic (exact) mass is 151 g/mol. The molecule has 0 fully saturated rings. The SMILES string of the molecule is COC1=N/C(C)=C\C/C=C\C1. The minimum absolute atomic E-state index is 0.787. The van der Waals surface area contributed by atoms with Crippen LogP contribution in [0.3, 0.4) is 0 Å². The van der Waals surface area contributed by atoms with Gasteiger partial charge in [-0.3, -0.25) is 0 Å². The molecule has 2 heteroatoms. The summed E-state index contributed by atoms with van der Waals surface area (Å²) in [5, 5.41) is 0. The van der Waals surface area contributed by atoms with Crippen molar-refractivity contribution in [2.75, 3.05) is 7.11 Å². The second-order valence-electron chi connectivity index (χ2n) is 2.47. The van der Waals surface area contributed by atoms with Gasteiger partial charge in [0.05, 0.1) is 7.11 Å². The lowest BCUT2D eigenvalue weighted by Gasteiger charge is -2.03. The maximum atomic E-state index is 5.06. The van der Waals surface area contributed by atoms with Crippen LogP contribution in [0.2, 0.25) is 0 Å². The largest absolute Gasteiger partial charge is 0.484 e. The van der Waals surface area contributed by atoms with Crippen molar-refractivity contribution in [3.05, 3.63) is 23.9 Å². The molecule has 0 radical (unpaired) electrons. The van der Waals surface area contributed by atoms with Crippen LogP contribution in [-0.4, -0.2) is 13.0 Å². The van der Waals surface area contributed by atoms with Crippen LogP contribution in [0.25, 0.3) is 0 Å². The lowest BCUT2D eigenvalue weighted by atomic mass is 10.2. The highest BCUT2D eigenvalue weighted by molar-refractivity contribution is 5.78. The van der Waals surface area contributed by atoms with Crippen molar-refractivity contribution in [2.45, 2.75) is 19.8 Å². The second-order valence-corrected chi connectivity index (χ2v) is 2.47. The van der Waals surface area contributed by atoms with Gasteiger partial charge in [-0.15, -0.1) is 0 Å². The fourth-order valence-electron chi connectivity index (χ4n) is 0.936. The number of allylic oxidation sites excluding steroid dienone is 3. The zero-order valence-corrected chi connectivity index (χ0v) is 7.00. The quantitative estimate of drug-likeness (QED) is 0.487. The van der Waals surface area contributed by atoms with Crippen LogP contribution in [0, 0.1) is 0 Å². The van der Waals surface area contributed by atoms with E-state index < -0.39 is 0 Å². The maximum absolute atomic E-state index is 5.06. The minimum Gasteiger partial charge on any atom is -0.484 e. The molecule has 0 spiro atoms. The molecule has 60 valence electrons. The van der Waals surface area contributed by atoms with E-state index in [-0.39, 0.29) is 0 Å². The fraction of sp³-hybridized carbons (Fsp3) is 0.444. The predicted molar refractivity (Wildman–Crippen MR) is 46.6 cm³/mol. The molecule has 1 heterocycles. The molecule has 0 bridgehead atoms. The van der Waals surface area contributed by atoms with Crippen molar-refractivity contribution in [2.24, 2.45) is 4.99 Å². The van der Waals surface area contributed by atoms with Gasteiger partial charge in [-0.1, -0.05) is 18.2 Å². The molecule has 1 aliphatic heterocycles. The highest BCUT2D eigenvalue weighted by atomic mass is 16.5. The van der Waals surface area contributed by atoms with Gasteiger partial charge in [0.25, 0.3) is 0 Å². The second kappa shape index (κ2) is 3.96. The molecule has 0 amide bonds. The van der Waals surface area contributed by atoms with Crippen molar-refractivity contribution in [3.8, 4) is 0 Å². The van der Waals surface area contributed by atoms with Gasteiger partial charge in [-0.25, -0.2) is 4.99 Å². The molecule has 11 heavy (non-hydrogen) atoms. The minimum atomic E-state index is 0.787. The first-order valence-corrected chi connectivity index (χ1v) is 3.76. The van der Waals surface area contributed by atoms with Gasteiger partial charge in [-0.2, -0.15) is 0 Å². The van der Waals surface area contributed by atoms with Crippen molar-refractivity contribution in [1.29, 1.82) is 0 Å². The molecule has 0 unspecified atom stereocenters. The van der Waals surface area contributed by atoms with Gasteiger partial charge in [0, 0.05) is 12.1 Å². The summed E-state index contributed by atoms with van der Waals surface area (Å²) in [5.41, 5.74) is 1.03. The van der Waals surface area contributed by atoms with Crippen LogP contribution in [0.15, 0.2) is 28.9 Å². The first kappa shape index (κ1) is 8.05. The molecule has 1 rings (SSSR count). The van der Waals surface area contributed by atoms with Gasteiger partial charge in [0.1, 0.15) is 0 Å². The van der Waals surface area contributed by atoms with Gasteiger partial charge in [0.15, 0.2) is 5.90 Å². The van der Waals surface area contributed by atoms with Crippen LogP contribution in [0.4, 0.5) is 0 Å². The van der Waals surface area contributed by atoms with Crippen LogP contribution in [-0.2, 0) is 4.74 Å². The van der Waals surface area contributed by atoms with E-state index >= 15 is 0 Å². The molecule has 0 saturated heterocycles. The summed E-state index contributed by atoms with van der Waals surface area (Å²) in [6.07, 6.45) is 8.06. The smallest absolute Gasteiger partial charge is 0.191 e. The number of rotatable bonds is 0. The van der Waals surface area contributed by atoms with Crippen molar-refractivity contribution in [3.63, 3.8) is 0 Å². The van der Waals surface area contributed by atoms with Crippen molar-refractivity contribution < 1.29 is 4.74 Å². The molecule has 0 aromatic carbocycles. The molecule has 0 saturated carbocycles. The molecular weight excluding hydrogens is 138 g/mol. The summed E-state index contributed by atoms with van der Waals surface area (Å²) in [5.74, 6) is 0.787. The van der Waals surface area contributed by atoms with Crippen LogP contribution >= 0.6 is 0 Å². The highest BCUT2D eigenvalue weighted by Gasteiger charge is 1.96. The van der Waals surface area contributed by atoms with Crippen LogP contribution < -0.4 is 0 Å². The van der Waals surface area contributed by atoms with Crippen molar-refractivity contribution >= 4 is 5.90 Å². The van der Waals surface area contributed by atoms with Crippen LogP contribution in [0.5, 0.6) is 0 Å². The number of hydrogen-bond donors (Lipinski definition) is 0. The molecular formula is C9H13NO. The molecule has 1 aliphatic rings. The van der Waals surface area contributed by atoms with Gasteiger partial charge >= 0.3 is 0 Å². The molecule has 0 atom stereocenters. The fourth-order valence-corrected chi connectivity index (χ4v) is 0.936. The Labute approximate surface area is 67.3 Å². The molecule has 0 aliphatic carbocycles. The molecule has 2 nitrogen and oxygen atoms in total. The first-order chi connectivity index (χ1) is 5.33. The van der Waals surface area contributed by atoms with E-state index in [9.17, 15) is 0 Å². The van der Waals surface area contributed by atoms with Crippen molar-refractivity contribution in [1.82, 2.24) is 0 Å². The van der Waals surface area contributed by atoms with E-state index in [0.717, 1.165) is 24.4 Å². The first-order valence-electron chi connectivity index (χ1n) is 3.76. The molecule has 0 aromatic heterocycles. The zero-order valence-electron chi connectivity index (χ0n) is 7.00. The van der Waals surface area contributed by atoms with Gasteiger partial charge in [-0.05, 0) is 13.3 Å². The molecule has 0 aromatic rings. The lowest BCUT2D eigenvalue weighted by Crippen LogP contribution is -2.00. The predicted octanol–water partition coefficient (Wildman–Crippen LogP) is 2.29. The Morgan fingerprint density at radius 3 is 3.00 bits per heavy atom. The summed E-state index contributed by atoms with van der Waals surface area (Å²) in [6.45, 7) is 1.98. The number of hydrogen-bond acceptors (Lipinski definition) is 2. The van der Waals surface area contributed by atoms with E-state index in [1.165, 1.54) is 0 Å². The molecule has 0 N–H and O–H groups in total. The Kier molecular flexibility index (Phi) is 2.90. The lowest BCUT2D eigenvalue weighted by molar-refractivity contribution is 0.394. The zero-order chi connectivity index (χ0) is 8.10. The topological polar surface area (TPSA) is 21.6 Å². The van der Waals surface area contributed by atoms with E-state index in [1.54, 1.807) is 7.11 Å². The van der Waals surface area contributed by atoms with E-state index in [2.05, 4.69) is 23.2 Å². The summed E-state index contributed by atoms with van der Waals surface area (Å²) in [7, 11) is 1.65.